The molecule has 3 aromatic rings. The molecule has 0 aliphatic carbocycles. The van der Waals surface area contributed by atoms with Gasteiger partial charge in [-0.25, -0.2) is 4.98 Å². The Kier molecular flexibility index (Phi) is 9.63. The number of hydrogen-bond donors (Lipinski definition) is 2. The number of aliphatic imine (C=N–C) groups is 1. The minimum Gasteiger partial charge on any atom is -0.496 e. The van der Waals surface area contributed by atoms with Gasteiger partial charge in [0.25, 0.3) is 0 Å². The summed E-state index contributed by atoms with van der Waals surface area (Å²) in [5.41, 5.74) is 2.97. The molecule has 2 N–H and O–H groups in total. The van der Waals surface area contributed by atoms with Crippen molar-refractivity contribution >= 4 is 29.9 Å². The minimum absolute atomic E-state index is 0. The molecular weight excluding hydrogens is 521 g/mol. The zero-order valence-electron chi connectivity index (χ0n) is 19.0. The molecule has 0 unspecified atom stereocenters. The van der Waals surface area contributed by atoms with Crippen molar-refractivity contribution in [3.05, 3.63) is 60.0 Å². The fourth-order valence-corrected chi connectivity index (χ4v) is 3.31. The van der Waals surface area contributed by atoms with E-state index in [0.29, 0.717) is 30.3 Å². The Morgan fingerprint density at radius 2 is 1.72 bits per heavy atom. The van der Waals surface area contributed by atoms with Crippen LogP contribution in [0.2, 0.25) is 0 Å². The Bertz CT molecular complexity index is 998. The smallest absolute Gasteiger partial charge is 0.194 e. The van der Waals surface area contributed by atoms with Crippen molar-refractivity contribution in [2.75, 3.05) is 35.4 Å². The van der Waals surface area contributed by atoms with Gasteiger partial charge in [-0.1, -0.05) is 30.3 Å². The molecule has 0 saturated carbocycles. The summed E-state index contributed by atoms with van der Waals surface area (Å²) in [7, 11) is 8.57. The van der Waals surface area contributed by atoms with Crippen molar-refractivity contribution in [2.24, 2.45) is 4.99 Å². The highest BCUT2D eigenvalue weighted by atomic mass is 127. The molecular formula is C23H30IN5O3. The molecule has 172 valence electrons. The van der Waals surface area contributed by atoms with E-state index in [0.717, 1.165) is 28.6 Å². The Morgan fingerprint density at radius 1 is 1.06 bits per heavy atom. The van der Waals surface area contributed by atoms with Crippen molar-refractivity contribution in [1.82, 2.24) is 20.2 Å². The average Bonchev–Trinajstić information content (AvgIpc) is 3.28. The van der Waals surface area contributed by atoms with E-state index in [1.807, 2.05) is 48.5 Å². The molecule has 0 spiro atoms. The van der Waals surface area contributed by atoms with Crippen LogP contribution in [-0.2, 0) is 13.1 Å². The Balaban J connectivity index is 0.00000363. The standard InChI is InChI=1S/C23H29N5O3.HI/c1-24-23(26-13-18-20(30-4)11-17(29-3)12-21(18)31-5)28(2)15-22-25-14-19(27-22)16-9-7-6-8-10-16;/h6-12,14H,13,15H2,1-5H3,(H,24,26)(H,25,27);1H. The van der Waals surface area contributed by atoms with E-state index in [2.05, 4.69) is 32.4 Å². The minimum atomic E-state index is 0. The number of H-pyrrole nitrogens is 1. The highest BCUT2D eigenvalue weighted by Gasteiger charge is 2.15. The molecule has 32 heavy (non-hydrogen) atoms. The first-order valence-corrected chi connectivity index (χ1v) is 9.89. The topological polar surface area (TPSA) is 84.0 Å². The van der Waals surface area contributed by atoms with Crippen LogP contribution < -0.4 is 19.5 Å². The zero-order chi connectivity index (χ0) is 22.2. The lowest BCUT2D eigenvalue weighted by molar-refractivity contribution is 0.367. The van der Waals surface area contributed by atoms with Gasteiger partial charge in [-0.2, -0.15) is 0 Å². The number of methoxy groups -OCH3 is 3. The number of imidazole rings is 1. The summed E-state index contributed by atoms with van der Waals surface area (Å²) in [6.45, 7) is 1.05. The third-order valence-corrected chi connectivity index (χ3v) is 4.91. The normalized spacial score (nSPS) is 10.8. The van der Waals surface area contributed by atoms with Gasteiger partial charge in [0, 0.05) is 26.2 Å². The summed E-state index contributed by atoms with van der Waals surface area (Å²) in [6.07, 6.45) is 1.85. The van der Waals surface area contributed by atoms with Crippen LogP contribution in [0.1, 0.15) is 11.4 Å². The lowest BCUT2D eigenvalue weighted by Gasteiger charge is -2.22. The number of rotatable bonds is 8. The number of benzene rings is 2. The van der Waals surface area contributed by atoms with Gasteiger partial charge in [0.15, 0.2) is 5.96 Å². The van der Waals surface area contributed by atoms with E-state index >= 15 is 0 Å². The molecule has 0 aliphatic heterocycles. The molecule has 1 heterocycles. The first kappa shape index (κ1) is 25.3. The Labute approximate surface area is 206 Å². The largest absolute Gasteiger partial charge is 0.496 e. The van der Waals surface area contributed by atoms with Gasteiger partial charge in [-0.15, -0.1) is 24.0 Å². The Hall–Kier alpha value is -2.95. The number of hydrogen-bond acceptors (Lipinski definition) is 5. The van der Waals surface area contributed by atoms with Crippen LogP contribution in [-0.4, -0.2) is 56.3 Å². The molecule has 0 atom stereocenters. The molecule has 0 radical (unpaired) electrons. The van der Waals surface area contributed by atoms with Crippen molar-refractivity contribution in [2.45, 2.75) is 13.1 Å². The molecule has 2 aromatic carbocycles. The van der Waals surface area contributed by atoms with E-state index in [1.54, 1.807) is 28.4 Å². The van der Waals surface area contributed by atoms with E-state index in [9.17, 15) is 0 Å². The fraction of sp³-hybridized carbons (Fsp3) is 0.304. The van der Waals surface area contributed by atoms with Crippen LogP contribution in [0.15, 0.2) is 53.7 Å². The second kappa shape index (κ2) is 12.2. The maximum atomic E-state index is 5.53. The monoisotopic (exact) mass is 551 g/mol. The van der Waals surface area contributed by atoms with Crippen molar-refractivity contribution in [1.29, 1.82) is 0 Å². The predicted octanol–water partition coefficient (Wildman–Crippen LogP) is 3.93. The van der Waals surface area contributed by atoms with Gasteiger partial charge in [0.1, 0.15) is 23.1 Å². The summed E-state index contributed by atoms with van der Waals surface area (Å²) in [5.74, 6) is 3.60. The van der Waals surface area contributed by atoms with Crippen molar-refractivity contribution in [3.8, 4) is 28.5 Å². The van der Waals surface area contributed by atoms with Crippen LogP contribution in [0, 0.1) is 0 Å². The zero-order valence-corrected chi connectivity index (χ0v) is 21.3. The molecule has 8 nitrogen and oxygen atoms in total. The highest BCUT2D eigenvalue weighted by molar-refractivity contribution is 14.0. The average molecular weight is 551 g/mol. The summed E-state index contributed by atoms with van der Waals surface area (Å²) >= 11 is 0. The van der Waals surface area contributed by atoms with Gasteiger partial charge < -0.3 is 29.4 Å². The van der Waals surface area contributed by atoms with Gasteiger partial charge in [0.05, 0.1) is 51.9 Å². The summed E-state index contributed by atoms with van der Waals surface area (Å²) in [4.78, 5) is 14.3. The number of nitrogens with zero attached hydrogens (tertiary/aromatic N) is 3. The number of halogens is 1. The predicted molar refractivity (Wildman–Crippen MR) is 137 cm³/mol. The van der Waals surface area contributed by atoms with E-state index in [4.69, 9.17) is 14.2 Å². The number of aromatic nitrogens is 2. The maximum Gasteiger partial charge on any atom is 0.194 e. The van der Waals surface area contributed by atoms with E-state index in [1.165, 1.54) is 0 Å². The van der Waals surface area contributed by atoms with Crippen molar-refractivity contribution < 1.29 is 14.2 Å². The summed E-state index contributed by atoms with van der Waals surface area (Å²) in [5, 5.41) is 3.36. The van der Waals surface area contributed by atoms with E-state index in [-0.39, 0.29) is 24.0 Å². The van der Waals surface area contributed by atoms with Gasteiger partial charge in [-0.3, -0.25) is 4.99 Å². The third kappa shape index (κ3) is 6.06. The molecule has 9 heteroatoms. The first-order valence-electron chi connectivity index (χ1n) is 9.89. The van der Waals surface area contributed by atoms with Gasteiger partial charge >= 0.3 is 0 Å². The fourth-order valence-electron chi connectivity index (χ4n) is 3.31. The third-order valence-electron chi connectivity index (χ3n) is 4.91. The first-order chi connectivity index (χ1) is 15.1. The lowest BCUT2D eigenvalue weighted by atomic mass is 10.1. The maximum absolute atomic E-state index is 5.53. The molecule has 0 fully saturated rings. The van der Waals surface area contributed by atoms with Crippen LogP contribution in [0.5, 0.6) is 17.2 Å². The number of nitrogens with one attached hydrogen (secondary N) is 2. The number of guanidine groups is 1. The quantitative estimate of drug-likeness (QED) is 0.251. The van der Waals surface area contributed by atoms with Crippen LogP contribution in [0.25, 0.3) is 11.3 Å². The van der Waals surface area contributed by atoms with Crippen LogP contribution >= 0.6 is 24.0 Å². The lowest BCUT2D eigenvalue weighted by Crippen LogP contribution is -2.38. The van der Waals surface area contributed by atoms with E-state index < -0.39 is 0 Å². The van der Waals surface area contributed by atoms with Crippen LogP contribution in [0.3, 0.4) is 0 Å². The van der Waals surface area contributed by atoms with Crippen LogP contribution in [0.4, 0.5) is 0 Å². The second-order valence-electron chi connectivity index (χ2n) is 6.88. The summed E-state index contributed by atoms with van der Waals surface area (Å²) < 4.78 is 16.4. The van der Waals surface area contributed by atoms with Gasteiger partial charge in [0.2, 0.25) is 0 Å². The van der Waals surface area contributed by atoms with Crippen molar-refractivity contribution in [3.63, 3.8) is 0 Å². The number of ether oxygens (including phenoxy) is 3. The summed E-state index contributed by atoms with van der Waals surface area (Å²) in [6, 6.07) is 13.8. The highest BCUT2D eigenvalue weighted by Crippen LogP contribution is 2.33. The second-order valence-corrected chi connectivity index (χ2v) is 6.88. The van der Waals surface area contributed by atoms with Gasteiger partial charge in [-0.05, 0) is 5.56 Å². The molecule has 0 bridgehead atoms. The Morgan fingerprint density at radius 3 is 2.28 bits per heavy atom. The number of aromatic amines is 1. The molecule has 0 amide bonds. The molecule has 0 saturated heterocycles. The molecule has 1 aromatic heterocycles. The molecule has 3 rings (SSSR count). The molecule has 0 aliphatic rings. The SMILES string of the molecule is CN=C(NCc1c(OC)cc(OC)cc1OC)N(C)Cc1ncc(-c2ccccc2)[nH]1.I.